The van der Waals surface area contributed by atoms with E-state index in [1.54, 1.807) is 23.5 Å². The summed E-state index contributed by atoms with van der Waals surface area (Å²) < 4.78 is 3.38. The summed E-state index contributed by atoms with van der Waals surface area (Å²) in [5.74, 6) is 2.67. The number of allylic oxidation sites excluding steroid dienone is 1. The summed E-state index contributed by atoms with van der Waals surface area (Å²) in [5.41, 5.74) is 1.46. The van der Waals surface area contributed by atoms with Crippen molar-refractivity contribution < 1.29 is 0 Å². The maximum absolute atomic E-state index is 6.18. The minimum Gasteiger partial charge on any atom is -0.305 e. The number of alkyl halides is 1. The van der Waals surface area contributed by atoms with E-state index in [0.717, 1.165) is 39.1 Å². The molecule has 28 heavy (non-hydrogen) atoms. The molecule has 150 valence electrons. The Morgan fingerprint density at radius 1 is 1.29 bits per heavy atom. The zero-order chi connectivity index (χ0) is 19.5. The van der Waals surface area contributed by atoms with E-state index in [-0.39, 0.29) is 4.71 Å². The van der Waals surface area contributed by atoms with Crippen LogP contribution >= 0.6 is 51.1 Å². The first-order chi connectivity index (χ1) is 13.6. The van der Waals surface area contributed by atoms with Gasteiger partial charge in [-0.3, -0.25) is 0 Å². The fraction of sp³-hybridized carbons (Fsp3) is 0.500. The molecule has 0 radical (unpaired) electrons. The van der Waals surface area contributed by atoms with Gasteiger partial charge in [-0.25, -0.2) is 0 Å². The number of hydrogen-bond acceptors (Lipinski definition) is 5. The number of benzene rings is 1. The average Bonchev–Trinajstić information content (AvgIpc) is 3.40. The molecule has 1 saturated heterocycles. The van der Waals surface area contributed by atoms with Gasteiger partial charge in [0.15, 0.2) is 11.0 Å². The van der Waals surface area contributed by atoms with Crippen LogP contribution < -0.4 is 0 Å². The van der Waals surface area contributed by atoms with Gasteiger partial charge in [0.05, 0.1) is 4.71 Å². The van der Waals surface area contributed by atoms with E-state index < -0.39 is 0 Å². The van der Waals surface area contributed by atoms with Gasteiger partial charge in [-0.2, -0.15) is 0 Å². The van der Waals surface area contributed by atoms with Crippen molar-refractivity contribution in [2.24, 2.45) is 7.05 Å². The second-order valence-corrected chi connectivity index (χ2v) is 11.2. The van der Waals surface area contributed by atoms with E-state index in [9.17, 15) is 0 Å². The molecule has 1 fully saturated rings. The summed E-state index contributed by atoms with van der Waals surface area (Å²) in [5, 5.41) is 9.73. The Balaban J connectivity index is 1.21. The molecule has 0 aliphatic carbocycles. The van der Waals surface area contributed by atoms with E-state index in [4.69, 9.17) is 11.6 Å². The number of rotatable bonds is 7. The van der Waals surface area contributed by atoms with Crippen molar-refractivity contribution in [2.75, 3.05) is 25.4 Å². The van der Waals surface area contributed by atoms with E-state index >= 15 is 0 Å². The molecule has 2 aromatic rings. The predicted octanol–water partition coefficient (Wildman–Crippen LogP) is 5.59. The van der Waals surface area contributed by atoms with Gasteiger partial charge in [0.2, 0.25) is 0 Å². The molecule has 8 heteroatoms. The van der Waals surface area contributed by atoms with Crippen LogP contribution in [-0.4, -0.2) is 49.8 Å². The lowest BCUT2D eigenvalue weighted by atomic mass is 9.99. The molecule has 1 aromatic carbocycles. The van der Waals surface area contributed by atoms with Crippen LogP contribution in [0.5, 0.6) is 0 Å². The molecule has 2 atom stereocenters. The number of hydrogen-bond donors (Lipinski definition) is 0. The fourth-order valence-corrected chi connectivity index (χ4v) is 6.15. The number of aromatic nitrogens is 3. The van der Waals surface area contributed by atoms with Crippen LogP contribution in [0.4, 0.5) is 0 Å². The number of thioether (sulfide) groups is 2. The smallest absolute Gasteiger partial charge is 0.191 e. The molecule has 0 spiro atoms. The van der Waals surface area contributed by atoms with Gasteiger partial charge in [-0.15, -0.1) is 33.6 Å². The number of nitrogens with zero attached hydrogens (tertiary/aromatic N) is 4. The lowest BCUT2D eigenvalue weighted by molar-refractivity contribution is 0.336. The first-order valence-electron chi connectivity index (χ1n) is 9.61. The minimum atomic E-state index is 0.129. The zero-order valence-electron chi connectivity index (χ0n) is 15.9. The van der Waals surface area contributed by atoms with Crippen molar-refractivity contribution in [3.63, 3.8) is 0 Å². The maximum Gasteiger partial charge on any atom is 0.191 e. The monoisotopic (exact) mass is 498 g/mol. The Labute approximate surface area is 188 Å². The van der Waals surface area contributed by atoms with E-state index in [1.807, 2.05) is 7.05 Å². The molecule has 1 aromatic heterocycles. The van der Waals surface area contributed by atoms with Gasteiger partial charge in [0, 0.05) is 28.7 Å². The fourth-order valence-electron chi connectivity index (χ4n) is 3.73. The SMILES string of the molecule is Cn1c(SCCCN2CCC(c3ccc(Br)cc3)C2)nnc1C1=CCC(Cl)S1. The first-order valence-corrected chi connectivity index (χ1v) is 12.7. The summed E-state index contributed by atoms with van der Waals surface area (Å²) in [6, 6.07) is 8.81. The maximum atomic E-state index is 6.18. The third kappa shape index (κ3) is 4.98. The second kappa shape index (κ2) is 9.56. The van der Waals surface area contributed by atoms with Gasteiger partial charge in [-0.1, -0.05) is 45.9 Å². The summed E-state index contributed by atoms with van der Waals surface area (Å²) in [4.78, 5) is 3.74. The van der Waals surface area contributed by atoms with E-state index in [1.165, 1.54) is 31.5 Å². The van der Waals surface area contributed by atoms with Crippen molar-refractivity contribution in [3.8, 4) is 0 Å². The predicted molar refractivity (Wildman–Crippen MR) is 124 cm³/mol. The highest BCUT2D eigenvalue weighted by atomic mass is 79.9. The topological polar surface area (TPSA) is 34.0 Å². The van der Waals surface area contributed by atoms with Crippen LogP contribution in [-0.2, 0) is 7.05 Å². The Morgan fingerprint density at radius 2 is 2.11 bits per heavy atom. The molecule has 2 unspecified atom stereocenters. The largest absolute Gasteiger partial charge is 0.305 e. The van der Waals surface area contributed by atoms with Crippen LogP contribution in [0.3, 0.4) is 0 Å². The van der Waals surface area contributed by atoms with Crippen molar-refractivity contribution in [1.29, 1.82) is 0 Å². The van der Waals surface area contributed by atoms with Crippen LogP contribution in [0.2, 0.25) is 0 Å². The molecule has 3 heterocycles. The molecule has 0 saturated carbocycles. The van der Waals surface area contributed by atoms with Crippen LogP contribution in [0, 0.1) is 0 Å². The Bertz CT molecular complexity index is 839. The quantitative estimate of drug-likeness (QED) is 0.282. The molecule has 4 nitrogen and oxygen atoms in total. The average molecular weight is 500 g/mol. The van der Waals surface area contributed by atoms with E-state index in [0.29, 0.717) is 5.92 Å². The number of likely N-dealkylation sites (tertiary alicyclic amines) is 1. The van der Waals surface area contributed by atoms with Crippen molar-refractivity contribution >= 4 is 56.0 Å². The van der Waals surface area contributed by atoms with Crippen molar-refractivity contribution in [2.45, 2.75) is 35.0 Å². The highest BCUT2D eigenvalue weighted by molar-refractivity contribution is 9.10. The normalized spacial score (nSPS) is 22.8. The summed E-state index contributed by atoms with van der Waals surface area (Å²) in [7, 11) is 2.05. The van der Waals surface area contributed by atoms with E-state index in [2.05, 4.69) is 65.9 Å². The summed E-state index contributed by atoms with van der Waals surface area (Å²) >= 11 is 13.2. The Hall–Kier alpha value is -0.470. The lowest BCUT2D eigenvalue weighted by Gasteiger charge is -2.16. The van der Waals surface area contributed by atoms with Crippen molar-refractivity contribution in [3.05, 3.63) is 46.2 Å². The third-order valence-electron chi connectivity index (χ3n) is 5.26. The molecule has 4 rings (SSSR count). The van der Waals surface area contributed by atoms with Gasteiger partial charge in [-0.05, 0) is 56.0 Å². The van der Waals surface area contributed by atoms with Gasteiger partial charge in [0.25, 0.3) is 0 Å². The third-order valence-corrected chi connectivity index (χ3v) is 8.39. The van der Waals surface area contributed by atoms with Crippen LogP contribution in [0.25, 0.3) is 4.91 Å². The molecule has 0 N–H and O–H groups in total. The Kier molecular flexibility index (Phi) is 7.10. The van der Waals surface area contributed by atoms with Crippen molar-refractivity contribution in [1.82, 2.24) is 19.7 Å². The lowest BCUT2D eigenvalue weighted by Crippen LogP contribution is -2.22. The zero-order valence-corrected chi connectivity index (χ0v) is 19.8. The van der Waals surface area contributed by atoms with Gasteiger partial charge >= 0.3 is 0 Å². The molecule has 2 aliphatic heterocycles. The van der Waals surface area contributed by atoms with Crippen LogP contribution in [0.1, 0.15) is 36.6 Å². The Morgan fingerprint density at radius 3 is 2.86 bits per heavy atom. The van der Waals surface area contributed by atoms with Gasteiger partial charge < -0.3 is 9.47 Å². The molecule has 0 bridgehead atoms. The van der Waals surface area contributed by atoms with Gasteiger partial charge in [0.1, 0.15) is 0 Å². The minimum absolute atomic E-state index is 0.129. The molecular formula is C20H24BrClN4S2. The molecule has 0 amide bonds. The molecule has 2 aliphatic rings. The highest BCUT2D eigenvalue weighted by Gasteiger charge is 2.24. The number of halogens is 2. The second-order valence-electron chi connectivity index (χ2n) is 7.24. The standard InChI is InChI=1S/C20H24BrClN4S2/c1-25-19(17-7-8-18(22)28-17)23-24-20(25)27-12-2-10-26-11-9-15(13-26)14-3-5-16(21)6-4-14/h3-7,15,18H,2,8-13H2,1H3. The first kappa shape index (κ1) is 20.8. The highest BCUT2D eigenvalue weighted by Crippen LogP contribution is 2.40. The van der Waals surface area contributed by atoms with Crippen LogP contribution in [0.15, 0.2) is 40.0 Å². The molecular weight excluding hydrogens is 476 g/mol. The summed E-state index contributed by atoms with van der Waals surface area (Å²) in [6.07, 6.45) is 5.49. The summed E-state index contributed by atoms with van der Waals surface area (Å²) in [6.45, 7) is 3.52.